The standard InChI is InChI=1S/C24H22N2O10S2/c1-3-13-5-9-15(10-6-13)37(31,32)35-25-21(27)17-18(22(25)28)20-19(17)23(29)26(24(20)30)36-38(33,34)16-11-7-14(4-2)8-12-16/h5-12,17-20H,3-4H2,1-2H3. The topological polar surface area (TPSA) is 161 Å². The first-order valence-electron chi connectivity index (χ1n) is 11.7. The summed E-state index contributed by atoms with van der Waals surface area (Å²) in [5, 5.41) is 0.128. The third-order valence-corrected chi connectivity index (χ3v) is 9.46. The summed E-state index contributed by atoms with van der Waals surface area (Å²) in [6.45, 7) is 3.75. The van der Waals surface area contributed by atoms with Gasteiger partial charge in [-0.05, 0) is 48.2 Å². The molecule has 1 aliphatic carbocycles. The van der Waals surface area contributed by atoms with E-state index in [4.69, 9.17) is 8.57 Å². The van der Waals surface area contributed by atoms with Gasteiger partial charge in [-0.1, -0.05) is 38.1 Å². The fourth-order valence-corrected chi connectivity index (χ4v) is 6.75. The van der Waals surface area contributed by atoms with Gasteiger partial charge in [0.15, 0.2) is 0 Å². The summed E-state index contributed by atoms with van der Waals surface area (Å²) in [5.74, 6) is -10.0. The van der Waals surface area contributed by atoms with E-state index >= 15 is 0 Å². The van der Waals surface area contributed by atoms with Gasteiger partial charge in [-0.15, -0.1) is 18.7 Å². The van der Waals surface area contributed by atoms with E-state index < -0.39 is 67.5 Å². The quantitative estimate of drug-likeness (QED) is 0.424. The molecule has 12 nitrogen and oxygen atoms in total. The van der Waals surface area contributed by atoms with Gasteiger partial charge in [-0.2, -0.15) is 16.8 Å². The van der Waals surface area contributed by atoms with Gasteiger partial charge in [0.2, 0.25) is 0 Å². The zero-order chi connectivity index (χ0) is 27.6. The number of carbonyl (C=O) groups excluding carboxylic acids is 4. The van der Waals surface area contributed by atoms with Gasteiger partial charge in [0.25, 0.3) is 23.6 Å². The highest BCUT2D eigenvalue weighted by Gasteiger charge is 2.75. The lowest BCUT2D eigenvalue weighted by Gasteiger charge is -2.35. The summed E-state index contributed by atoms with van der Waals surface area (Å²) < 4.78 is 60.4. The van der Waals surface area contributed by atoms with Crippen LogP contribution in [0.3, 0.4) is 0 Å². The highest BCUT2D eigenvalue weighted by atomic mass is 32.2. The molecule has 2 aliphatic heterocycles. The number of amides is 4. The molecule has 2 heterocycles. The lowest BCUT2D eigenvalue weighted by Crippen LogP contribution is -2.50. The largest absolute Gasteiger partial charge is 0.318 e. The maximum Gasteiger partial charge on any atom is 0.318 e. The van der Waals surface area contributed by atoms with E-state index in [-0.39, 0.29) is 19.9 Å². The molecule has 0 N–H and O–H groups in total. The van der Waals surface area contributed by atoms with Crippen molar-refractivity contribution in [3.8, 4) is 0 Å². The monoisotopic (exact) mass is 562 g/mol. The van der Waals surface area contributed by atoms with Crippen molar-refractivity contribution in [1.82, 2.24) is 10.1 Å². The predicted octanol–water partition coefficient (Wildman–Crippen LogP) is 0.968. The number of hydrogen-bond donors (Lipinski definition) is 0. The number of hydrogen-bond acceptors (Lipinski definition) is 10. The molecule has 5 rings (SSSR count). The fourth-order valence-electron chi connectivity index (χ4n) is 4.95. The second kappa shape index (κ2) is 9.08. The molecule has 38 heavy (non-hydrogen) atoms. The van der Waals surface area contributed by atoms with Crippen LogP contribution in [0.1, 0.15) is 25.0 Å². The molecule has 0 aromatic heterocycles. The van der Waals surface area contributed by atoms with Gasteiger partial charge in [0.1, 0.15) is 0 Å². The third kappa shape index (κ3) is 3.95. The first kappa shape index (κ1) is 26.2. The number of benzene rings is 2. The van der Waals surface area contributed by atoms with Crippen molar-refractivity contribution >= 4 is 43.9 Å². The Kier molecular flexibility index (Phi) is 6.25. The molecular formula is C24H22N2O10S2. The summed E-state index contributed by atoms with van der Waals surface area (Å²) in [5.41, 5.74) is 1.71. The minimum Gasteiger partial charge on any atom is -0.272 e. The predicted molar refractivity (Wildman–Crippen MR) is 126 cm³/mol. The SMILES string of the molecule is CCc1ccc(S(=O)(=O)ON2C(=O)C3C(C2=O)C2C(=O)N(OS(=O)(=O)c4ccc(CC)cc4)C(=O)C32)cc1. The average Bonchev–Trinajstić information content (AvgIpc) is 3.19. The number of fused-ring (bicyclic) bond motifs is 4. The molecule has 200 valence electrons. The molecule has 0 radical (unpaired) electrons. The zero-order valence-electron chi connectivity index (χ0n) is 20.1. The Labute approximate surface area is 218 Å². The molecule has 0 bridgehead atoms. The third-order valence-electron chi connectivity index (χ3n) is 7.07. The summed E-state index contributed by atoms with van der Waals surface area (Å²) in [6.07, 6.45) is 1.32. The first-order chi connectivity index (χ1) is 17.9. The van der Waals surface area contributed by atoms with E-state index in [0.717, 1.165) is 11.1 Å². The van der Waals surface area contributed by atoms with Gasteiger partial charge in [-0.3, -0.25) is 19.2 Å². The Balaban J connectivity index is 1.34. The van der Waals surface area contributed by atoms with Crippen molar-refractivity contribution in [2.75, 3.05) is 0 Å². The van der Waals surface area contributed by atoms with Crippen LogP contribution in [-0.2, 0) is 60.8 Å². The van der Waals surface area contributed by atoms with E-state index in [0.29, 0.717) is 12.8 Å². The molecule has 2 saturated heterocycles. The van der Waals surface area contributed by atoms with Crippen molar-refractivity contribution in [3.05, 3.63) is 59.7 Å². The van der Waals surface area contributed by atoms with Crippen molar-refractivity contribution in [3.63, 3.8) is 0 Å². The van der Waals surface area contributed by atoms with Gasteiger partial charge in [-0.25, -0.2) is 0 Å². The number of imide groups is 2. The molecule has 0 unspecified atom stereocenters. The normalized spacial score (nSPS) is 25.0. The van der Waals surface area contributed by atoms with Crippen LogP contribution >= 0.6 is 0 Å². The molecule has 1 saturated carbocycles. The lowest BCUT2D eigenvalue weighted by molar-refractivity contribution is -0.169. The Morgan fingerprint density at radius 2 is 0.816 bits per heavy atom. The summed E-state index contributed by atoms with van der Waals surface area (Å²) in [6, 6.07) is 11.3. The van der Waals surface area contributed by atoms with Gasteiger partial charge >= 0.3 is 20.2 Å². The molecule has 3 fully saturated rings. The number of carbonyl (C=O) groups is 4. The molecule has 4 amide bonds. The van der Waals surface area contributed by atoms with Crippen LogP contribution in [0.4, 0.5) is 0 Å². The average molecular weight is 563 g/mol. The molecular weight excluding hydrogens is 540 g/mol. The van der Waals surface area contributed by atoms with Crippen LogP contribution < -0.4 is 0 Å². The molecule has 14 heteroatoms. The fraction of sp³-hybridized carbons (Fsp3) is 0.333. The minimum atomic E-state index is -4.57. The van der Waals surface area contributed by atoms with E-state index in [2.05, 4.69) is 0 Å². The van der Waals surface area contributed by atoms with Crippen molar-refractivity contribution in [2.24, 2.45) is 23.7 Å². The van der Waals surface area contributed by atoms with E-state index in [1.54, 1.807) is 24.3 Å². The van der Waals surface area contributed by atoms with Gasteiger partial charge in [0.05, 0.1) is 33.5 Å². The first-order valence-corrected chi connectivity index (χ1v) is 14.6. The second-order valence-electron chi connectivity index (χ2n) is 9.10. The summed E-state index contributed by atoms with van der Waals surface area (Å²) >= 11 is 0. The molecule has 2 aromatic rings. The summed E-state index contributed by atoms with van der Waals surface area (Å²) in [7, 11) is -9.15. The Morgan fingerprint density at radius 1 is 0.553 bits per heavy atom. The summed E-state index contributed by atoms with van der Waals surface area (Å²) in [4.78, 5) is 51.1. The highest BCUT2D eigenvalue weighted by Crippen LogP contribution is 2.56. The van der Waals surface area contributed by atoms with Gasteiger partial charge < -0.3 is 0 Å². The Hall–Kier alpha value is -3.46. The van der Waals surface area contributed by atoms with E-state index in [1.165, 1.54) is 24.3 Å². The number of hydroxylamine groups is 4. The van der Waals surface area contributed by atoms with Crippen LogP contribution in [0.15, 0.2) is 58.3 Å². The number of rotatable bonds is 8. The van der Waals surface area contributed by atoms with Crippen LogP contribution in [0.25, 0.3) is 0 Å². The molecule has 0 atom stereocenters. The minimum absolute atomic E-state index is 0.0640. The second-order valence-corrected chi connectivity index (χ2v) is 12.2. The molecule has 3 aliphatic rings. The maximum atomic E-state index is 12.9. The van der Waals surface area contributed by atoms with Gasteiger partial charge in [0, 0.05) is 0 Å². The van der Waals surface area contributed by atoms with Crippen LogP contribution in [0.5, 0.6) is 0 Å². The number of aryl methyl sites for hydroxylation is 2. The Bertz CT molecular complexity index is 1400. The van der Waals surface area contributed by atoms with Crippen molar-refractivity contribution in [1.29, 1.82) is 0 Å². The molecule has 0 spiro atoms. The Morgan fingerprint density at radius 3 is 1.05 bits per heavy atom. The van der Waals surface area contributed by atoms with Crippen LogP contribution in [0.2, 0.25) is 0 Å². The lowest BCUT2D eigenvalue weighted by atomic mass is 9.59. The zero-order valence-corrected chi connectivity index (χ0v) is 21.8. The van der Waals surface area contributed by atoms with Crippen LogP contribution in [0, 0.1) is 23.7 Å². The van der Waals surface area contributed by atoms with Crippen molar-refractivity contribution < 1.29 is 44.6 Å². The van der Waals surface area contributed by atoms with Crippen LogP contribution in [-0.4, -0.2) is 50.6 Å². The van der Waals surface area contributed by atoms with E-state index in [1.807, 2.05) is 13.8 Å². The maximum absolute atomic E-state index is 12.9. The highest BCUT2D eigenvalue weighted by molar-refractivity contribution is 7.87. The number of nitrogens with zero attached hydrogens (tertiary/aromatic N) is 2. The molecule has 2 aromatic carbocycles. The smallest absolute Gasteiger partial charge is 0.272 e. The van der Waals surface area contributed by atoms with Crippen molar-refractivity contribution in [2.45, 2.75) is 36.5 Å². The van der Waals surface area contributed by atoms with E-state index in [9.17, 15) is 36.0 Å².